The molecule has 8 N–H and O–H groups in total. The zero-order valence-electron chi connectivity index (χ0n) is 14.7. The molecular weight excluding hydrogens is 330 g/mol. The van der Waals surface area contributed by atoms with Gasteiger partial charge in [-0.15, -0.1) is 0 Å². The minimum atomic E-state index is -0.916. The van der Waals surface area contributed by atoms with Gasteiger partial charge >= 0.3 is 0 Å². The molecule has 9 heteroatoms. The Morgan fingerprint density at radius 2 is 1.96 bits per heavy atom. The molecule has 2 amide bonds. The van der Waals surface area contributed by atoms with Crippen molar-refractivity contribution in [2.45, 2.75) is 63.6 Å². The van der Waals surface area contributed by atoms with E-state index in [9.17, 15) is 9.59 Å². The minimum Gasteiger partial charge on any atom is -0.394 e. The van der Waals surface area contributed by atoms with Crippen molar-refractivity contribution in [3.63, 3.8) is 0 Å². The fraction of sp³-hybridized carbons (Fsp3) is 0.750. The van der Waals surface area contributed by atoms with E-state index in [-0.39, 0.29) is 18.9 Å². The number of primary amides is 1. The van der Waals surface area contributed by atoms with E-state index in [0.29, 0.717) is 25.0 Å². The summed E-state index contributed by atoms with van der Waals surface area (Å²) in [5, 5.41) is 29.2. The van der Waals surface area contributed by atoms with Gasteiger partial charge in [0.25, 0.3) is 0 Å². The van der Waals surface area contributed by atoms with Gasteiger partial charge in [0.1, 0.15) is 0 Å². The number of ether oxygens (including phenoxy) is 1. The molecule has 9 nitrogen and oxygen atoms in total. The summed E-state index contributed by atoms with van der Waals surface area (Å²) in [6.45, 7) is 5.59. The SMILES string of the molecule is C=C(C)C(=O)NCCCCC(N)C(N)=O.OCC1CC(O)CC(O)O1. The lowest BCUT2D eigenvalue weighted by molar-refractivity contribution is -0.197. The number of unbranched alkanes of at least 4 members (excludes halogenated alkanes) is 1. The number of amides is 2. The van der Waals surface area contributed by atoms with E-state index in [2.05, 4.69) is 11.9 Å². The molecule has 4 atom stereocenters. The van der Waals surface area contributed by atoms with Gasteiger partial charge in [0, 0.05) is 25.0 Å². The first-order chi connectivity index (χ1) is 11.7. The zero-order chi connectivity index (χ0) is 19.4. The molecule has 1 rings (SSSR count). The van der Waals surface area contributed by atoms with Crippen molar-refractivity contribution in [3.05, 3.63) is 12.2 Å². The maximum absolute atomic E-state index is 11.0. The molecule has 0 bridgehead atoms. The summed E-state index contributed by atoms with van der Waals surface area (Å²) in [7, 11) is 0. The molecular formula is C16H31N3O6. The predicted octanol–water partition coefficient (Wildman–Crippen LogP) is -1.50. The third kappa shape index (κ3) is 11.6. The molecule has 1 saturated heterocycles. The van der Waals surface area contributed by atoms with Crippen LogP contribution in [0.5, 0.6) is 0 Å². The van der Waals surface area contributed by atoms with Crippen molar-refractivity contribution in [1.29, 1.82) is 0 Å². The molecule has 0 aromatic heterocycles. The van der Waals surface area contributed by atoms with Gasteiger partial charge in [-0.05, 0) is 26.2 Å². The summed E-state index contributed by atoms with van der Waals surface area (Å²) in [5.74, 6) is -0.629. The van der Waals surface area contributed by atoms with Crippen LogP contribution in [0.4, 0.5) is 0 Å². The Bertz CT molecular complexity index is 422. The third-order valence-electron chi connectivity index (χ3n) is 3.54. The van der Waals surface area contributed by atoms with Crippen molar-refractivity contribution in [2.24, 2.45) is 11.5 Å². The highest BCUT2D eigenvalue weighted by atomic mass is 16.6. The van der Waals surface area contributed by atoms with Crippen molar-refractivity contribution in [1.82, 2.24) is 5.32 Å². The van der Waals surface area contributed by atoms with Gasteiger partial charge in [-0.25, -0.2) is 0 Å². The average molecular weight is 361 g/mol. The van der Waals surface area contributed by atoms with Gasteiger partial charge in [-0.3, -0.25) is 9.59 Å². The van der Waals surface area contributed by atoms with Crippen LogP contribution in [0.3, 0.4) is 0 Å². The Hall–Kier alpha value is -1.52. The number of nitrogens with one attached hydrogen (secondary N) is 1. The monoisotopic (exact) mass is 361 g/mol. The van der Waals surface area contributed by atoms with Crippen molar-refractivity contribution < 1.29 is 29.6 Å². The lowest BCUT2D eigenvalue weighted by Crippen LogP contribution is -2.37. The average Bonchev–Trinajstić information content (AvgIpc) is 2.53. The number of aliphatic hydroxyl groups is 3. The van der Waals surface area contributed by atoms with Gasteiger partial charge < -0.3 is 36.8 Å². The van der Waals surface area contributed by atoms with Gasteiger partial charge in [-0.2, -0.15) is 0 Å². The molecule has 0 aromatic rings. The summed E-state index contributed by atoms with van der Waals surface area (Å²) >= 11 is 0. The third-order valence-corrected chi connectivity index (χ3v) is 3.54. The second-order valence-corrected chi connectivity index (χ2v) is 6.06. The largest absolute Gasteiger partial charge is 0.394 e. The number of carbonyl (C=O) groups excluding carboxylic acids is 2. The van der Waals surface area contributed by atoms with Crippen LogP contribution < -0.4 is 16.8 Å². The van der Waals surface area contributed by atoms with Crippen LogP contribution in [0.15, 0.2) is 12.2 Å². The highest BCUT2D eigenvalue weighted by Gasteiger charge is 2.25. The first kappa shape index (κ1) is 23.5. The molecule has 1 aliphatic heterocycles. The lowest BCUT2D eigenvalue weighted by Gasteiger charge is -2.28. The molecule has 0 aromatic carbocycles. The molecule has 4 unspecified atom stereocenters. The second-order valence-electron chi connectivity index (χ2n) is 6.06. The smallest absolute Gasteiger partial charge is 0.246 e. The van der Waals surface area contributed by atoms with E-state index in [0.717, 1.165) is 12.8 Å². The molecule has 0 saturated carbocycles. The fourth-order valence-electron chi connectivity index (χ4n) is 2.07. The van der Waals surface area contributed by atoms with Gasteiger partial charge in [-0.1, -0.05) is 6.58 Å². The molecule has 25 heavy (non-hydrogen) atoms. The standard InChI is InChI=1S/C10H19N3O2.C6H12O4/c1-7(2)10(15)13-6-4-3-5-8(11)9(12)14;7-3-5-1-4(8)2-6(9)10-5/h8H,1,3-6,11H2,2H3,(H2,12,14)(H,13,15);4-9H,1-3H2. The Kier molecular flexibility index (Phi) is 12.0. The van der Waals surface area contributed by atoms with Gasteiger partial charge in [0.2, 0.25) is 11.8 Å². The topological polar surface area (TPSA) is 168 Å². The van der Waals surface area contributed by atoms with Crippen LogP contribution in [-0.2, 0) is 14.3 Å². The van der Waals surface area contributed by atoms with E-state index >= 15 is 0 Å². The zero-order valence-corrected chi connectivity index (χ0v) is 14.7. The Labute approximate surface area is 148 Å². The van der Waals surface area contributed by atoms with E-state index in [1.54, 1.807) is 6.92 Å². The minimum absolute atomic E-state index is 0.144. The van der Waals surface area contributed by atoms with Crippen LogP contribution in [-0.4, -0.2) is 64.8 Å². The Morgan fingerprint density at radius 3 is 2.44 bits per heavy atom. The lowest BCUT2D eigenvalue weighted by atomic mass is 10.1. The highest BCUT2D eigenvalue weighted by molar-refractivity contribution is 5.92. The second kappa shape index (κ2) is 12.8. The summed E-state index contributed by atoms with van der Waals surface area (Å²) < 4.78 is 4.85. The summed E-state index contributed by atoms with van der Waals surface area (Å²) in [5.41, 5.74) is 10.9. The Balaban J connectivity index is 0.000000496. The number of nitrogens with two attached hydrogens (primary N) is 2. The van der Waals surface area contributed by atoms with Crippen LogP contribution in [0.2, 0.25) is 0 Å². The number of hydrogen-bond acceptors (Lipinski definition) is 7. The van der Waals surface area contributed by atoms with Crippen molar-refractivity contribution in [3.8, 4) is 0 Å². The Morgan fingerprint density at radius 1 is 1.32 bits per heavy atom. The van der Waals surface area contributed by atoms with Gasteiger partial charge in [0.15, 0.2) is 6.29 Å². The maximum Gasteiger partial charge on any atom is 0.246 e. The molecule has 146 valence electrons. The van der Waals surface area contributed by atoms with Crippen molar-refractivity contribution >= 4 is 11.8 Å². The summed E-state index contributed by atoms with van der Waals surface area (Å²) in [4.78, 5) is 21.6. The summed E-state index contributed by atoms with van der Waals surface area (Å²) in [6, 6.07) is -0.582. The van der Waals surface area contributed by atoms with E-state index < -0.39 is 30.4 Å². The van der Waals surface area contributed by atoms with Crippen LogP contribution >= 0.6 is 0 Å². The number of rotatable bonds is 8. The van der Waals surface area contributed by atoms with E-state index in [1.165, 1.54) is 0 Å². The first-order valence-electron chi connectivity index (χ1n) is 8.28. The highest BCUT2D eigenvalue weighted by Crippen LogP contribution is 2.17. The molecule has 0 spiro atoms. The fourth-order valence-corrected chi connectivity index (χ4v) is 2.07. The number of carbonyl (C=O) groups is 2. The maximum atomic E-state index is 11.0. The quantitative estimate of drug-likeness (QED) is 0.226. The van der Waals surface area contributed by atoms with Crippen LogP contribution in [0.1, 0.15) is 39.0 Å². The van der Waals surface area contributed by atoms with E-state index in [1.807, 2.05) is 0 Å². The molecule has 0 radical (unpaired) electrons. The van der Waals surface area contributed by atoms with Crippen molar-refractivity contribution in [2.75, 3.05) is 13.2 Å². The predicted molar refractivity (Wildman–Crippen MR) is 92.1 cm³/mol. The number of aliphatic hydroxyl groups excluding tert-OH is 3. The molecule has 0 aliphatic carbocycles. The first-order valence-corrected chi connectivity index (χ1v) is 8.28. The molecule has 1 heterocycles. The van der Waals surface area contributed by atoms with E-state index in [4.69, 9.17) is 31.5 Å². The van der Waals surface area contributed by atoms with Gasteiger partial charge in [0.05, 0.1) is 24.9 Å². The normalized spacial score (nSPS) is 23.8. The molecule has 1 fully saturated rings. The number of hydrogen-bond donors (Lipinski definition) is 6. The summed E-state index contributed by atoms with van der Waals surface area (Å²) in [6.07, 6.45) is 0.892. The van der Waals surface area contributed by atoms with Crippen LogP contribution in [0, 0.1) is 0 Å². The van der Waals surface area contributed by atoms with Crippen LogP contribution in [0.25, 0.3) is 0 Å². The molecule has 1 aliphatic rings.